The van der Waals surface area contributed by atoms with E-state index in [-0.39, 0.29) is 24.2 Å². The van der Waals surface area contributed by atoms with Gasteiger partial charge in [-0.2, -0.15) is 0 Å². The number of amides is 1. The summed E-state index contributed by atoms with van der Waals surface area (Å²) >= 11 is 0. The van der Waals surface area contributed by atoms with Gasteiger partial charge in [0.05, 0.1) is 12.6 Å². The predicted molar refractivity (Wildman–Crippen MR) is 58.3 cm³/mol. The van der Waals surface area contributed by atoms with Crippen LogP contribution in [0.3, 0.4) is 0 Å². The van der Waals surface area contributed by atoms with E-state index >= 15 is 0 Å². The van der Waals surface area contributed by atoms with Crippen molar-refractivity contribution in [1.29, 1.82) is 0 Å². The van der Waals surface area contributed by atoms with Gasteiger partial charge in [0.15, 0.2) is 0 Å². The number of hydrogen-bond acceptors (Lipinski definition) is 3. The molecule has 15 heavy (non-hydrogen) atoms. The summed E-state index contributed by atoms with van der Waals surface area (Å²) in [4.78, 5) is 12.9. The first-order valence-electron chi connectivity index (χ1n) is 4.81. The van der Waals surface area contributed by atoms with Gasteiger partial charge in [0, 0.05) is 12.6 Å². The van der Waals surface area contributed by atoms with Crippen molar-refractivity contribution < 1.29 is 9.90 Å². The Labute approximate surface area is 89.3 Å². The highest BCUT2D eigenvalue weighted by atomic mass is 16.3. The lowest BCUT2D eigenvalue weighted by Crippen LogP contribution is -2.34. The van der Waals surface area contributed by atoms with Gasteiger partial charge in [0.25, 0.3) is 0 Å². The number of carbonyl (C=O) groups is 1. The van der Waals surface area contributed by atoms with E-state index < -0.39 is 0 Å². The number of carbonyl (C=O) groups excluding carboxylic acids is 1. The minimum absolute atomic E-state index is 0.0194. The molecule has 0 fully saturated rings. The van der Waals surface area contributed by atoms with Crippen LogP contribution in [0.5, 0.6) is 5.75 Å². The van der Waals surface area contributed by atoms with Crippen molar-refractivity contribution in [3.8, 4) is 5.75 Å². The van der Waals surface area contributed by atoms with Crippen LogP contribution in [0, 0.1) is 0 Å². The van der Waals surface area contributed by atoms with Crippen LogP contribution in [-0.2, 0) is 4.79 Å². The topological polar surface area (TPSA) is 66.6 Å². The number of benzene rings is 1. The first-order chi connectivity index (χ1) is 7.07. The zero-order chi connectivity index (χ0) is 11.4. The average molecular weight is 208 g/mol. The third-order valence-corrected chi connectivity index (χ3v) is 2.54. The van der Waals surface area contributed by atoms with Gasteiger partial charge < -0.3 is 15.7 Å². The van der Waals surface area contributed by atoms with Crippen LogP contribution in [0.2, 0.25) is 0 Å². The van der Waals surface area contributed by atoms with Crippen LogP contribution in [0.25, 0.3) is 0 Å². The molecule has 1 aromatic carbocycles. The molecule has 0 radical (unpaired) electrons. The van der Waals surface area contributed by atoms with Crippen molar-refractivity contribution in [2.75, 3.05) is 13.6 Å². The van der Waals surface area contributed by atoms with E-state index in [9.17, 15) is 9.90 Å². The maximum Gasteiger partial charge on any atom is 0.236 e. The molecule has 0 aliphatic carbocycles. The van der Waals surface area contributed by atoms with Crippen molar-refractivity contribution in [2.45, 2.75) is 13.0 Å². The Balaban J connectivity index is 2.89. The number of hydrogen-bond donors (Lipinski definition) is 2. The van der Waals surface area contributed by atoms with Crippen LogP contribution in [0.15, 0.2) is 24.3 Å². The Morgan fingerprint density at radius 3 is 2.67 bits per heavy atom. The molecule has 4 nitrogen and oxygen atoms in total. The standard InChI is InChI=1S/C11H16N2O2/c1-8(13(2)11(15)7-12)9-5-3-4-6-10(9)14/h3-6,8,14H,7,12H2,1-2H3. The molecule has 0 aromatic heterocycles. The third-order valence-electron chi connectivity index (χ3n) is 2.54. The lowest BCUT2D eigenvalue weighted by molar-refractivity contribution is -0.130. The van der Waals surface area contributed by atoms with Gasteiger partial charge in [-0.05, 0) is 13.0 Å². The molecule has 0 aliphatic heterocycles. The predicted octanol–water partition coefficient (Wildman–Crippen LogP) is 0.870. The first kappa shape index (κ1) is 11.5. The number of para-hydroxylation sites is 1. The highest BCUT2D eigenvalue weighted by Gasteiger charge is 2.18. The summed E-state index contributed by atoms with van der Waals surface area (Å²) < 4.78 is 0. The lowest BCUT2D eigenvalue weighted by atomic mass is 10.1. The molecule has 1 atom stereocenters. The van der Waals surface area contributed by atoms with Crippen LogP contribution in [0.1, 0.15) is 18.5 Å². The van der Waals surface area contributed by atoms with Gasteiger partial charge in [-0.3, -0.25) is 4.79 Å². The van der Waals surface area contributed by atoms with Crippen LogP contribution < -0.4 is 5.73 Å². The lowest BCUT2D eigenvalue weighted by Gasteiger charge is -2.25. The Bertz CT molecular complexity index is 352. The Morgan fingerprint density at radius 2 is 2.13 bits per heavy atom. The number of aromatic hydroxyl groups is 1. The Morgan fingerprint density at radius 1 is 1.53 bits per heavy atom. The van der Waals surface area contributed by atoms with E-state index in [0.717, 1.165) is 5.56 Å². The number of phenolic OH excluding ortho intramolecular Hbond substituents is 1. The van der Waals surface area contributed by atoms with Crippen molar-refractivity contribution in [3.63, 3.8) is 0 Å². The second-order valence-electron chi connectivity index (χ2n) is 3.44. The molecular weight excluding hydrogens is 192 g/mol. The summed E-state index contributed by atoms with van der Waals surface area (Å²) in [5.74, 6) is 0.0485. The molecule has 0 saturated carbocycles. The summed E-state index contributed by atoms with van der Waals surface area (Å²) in [5.41, 5.74) is 6.00. The van der Waals surface area contributed by atoms with E-state index in [1.165, 1.54) is 4.90 Å². The van der Waals surface area contributed by atoms with Crippen LogP contribution in [-0.4, -0.2) is 29.5 Å². The maximum absolute atomic E-state index is 11.4. The normalized spacial score (nSPS) is 12.2. The zero-order valence-corrected chi connectivity index (χ0v) is 8.97. The van der Waals surface area contributed by atoms with Gasteiger partial charge in [-0.1, -0.05) is 18.2 Å². The van der Waals surface area contributed by atoms with E-state index in [0.29, 0.717) is 0 Å². The molecule has 1 amide bonds. The summed E-state index contributed by atoms with van der Waals surface area (Å²) in [7, 11) is 1.67. The van der Waals surface area contributed by atoms with Gasteiger partial charge in [-0.15, -0.1) is 0 Å². The SMILES string of the molecule is CC(c1ccccc1O)N(C)C(=O)CN. The van der Waals surface area contributed by atoms with E-state index in [2.05, 4.69) is 0 Å². The molecule has 1 aromatic rings. The molecule has 4 heteroatoms. The number of nitrogens with two attached hydrogens (primary N) is 1. The van der Waals surface area contributed by atoms with Crippen molar-refractivity contribution >= 4 is 5.91 Å². The fourth-order valence-electron chi connectivity index (χ4n) is 1.41. The molecule has 0 heterocycles. The first-order valence-corrected chi connectivity index (χ1v) is 4.81. The van der Waals surface area contributed by atoms with Crippen LogP contribution in [0.4, 0.5) is 0 Å². The number of nitrogens with zero attached hydrogens (tertiary/aromatic N) is 1. The average Bonchev–Trinajstić information content (AvgIpc) is 2.26. The molecule has 0 spiro atoms. The molecule has 82 valence electrons. The van der Waals surface area contributed by atoms with Crippen LogP contribution >= 0.6 is 0 Å². The highest BCUT2D eigenvalue weighted by Crippen LogP contribution is 2.26. The number of rotatable bonds is 3. The Hall–Kier alpha value is -1.55. The molecule has 0 aliphatic rings. The summed E-state index contributed by atoms with van der Waals surface area (Å²) in [6.07, 6.45) is 0. The Kier molecular flexibility index (Phi) is 3.68. The second-order valence-corrected chi connectivity index (χ2v) is 3.44. The number of phenols is 1. The maximum atomic E-state index is 11.4. The molecule has 1 unspecified atom stereocenters. The summed E-state index contributed by atoms with van der Waals surface area (Å²) in [5, 5.41) is 9.62. The fourth-order valence-corrected chi connectivity index (χ4v) is 1.41. The quantitative estimate of drug-likeness (QED) is 0.774. The molecular formula is C11H16N2O2. The van der Waals surface area contributed by atoms with E-state index in [1.54, 1.807) is 25.2 Å². The minimum atomic E-state index is -0.178. The van der Waals surface area contributed by atoms with E-state index in [4.69, 9.17) is 5.73 Å². The second kappa shape index (κ2) is 4.79. The summed E-state index contributed by atoms with van der Waals surface area (Å²) in [6, 6.07) is 6.79. The van der Waals surface area contributed by atoms with Crippen molar-refractivity contribution in [1.82, 2.24) is 4.90 Å². The molecule has 3 N–H and O–H groups in total. The fraction of sp³-hybridized carbons (Fsp3) is 0.364. The monoisotopic (exact) mass is 208 g/mol. The summed E-state index contributed by atoms with van der Waals surface area (Å²) in [6.45, 7) is 1.83. The zero-order valence-electron chi connectivity index (χ0n) is 8.97. The number of likely N-dealkylation sites (N-methyl/N-ethyl adjacent to an activating group) is 1. The smallest absolute Gasteiger partial charge is 0.236 e. The molecule has 0 bridgehead atoms. The van der Waals surface area contributed by atoms with E-state index in [1.807, 2.05) is 13.0 Å². The van der Waals surface area contributed by atoms with Gasteiger partial charge in [0.2, 0.25) is 5.91 Å². The van der Waals surface area contributed by atoms with Crippen molar-refractivity contribution in [2.24, 2.45) is 5.73 Å². The third kappa shape index (κ3) is 2.47. The van der Waals surface area contributed by atoms with Crippen molar-refractivity contribution in [3.05, 3.63) is 29.8 Å². The minimum Gasteiger partial charge on any atom is -0.508 e. The highest BCUT2D eigenvalue weighted by molar-refractivity contribution is 5.78. The largest absolute Gasteiger partial charge is 0.508 e. The molecule has 1 rings (SSSR count). The van der Waals surface area contributed by atoms with Gasteiger partial charge in [0.1, 0.15) is 5.75 Å². The van der Waals surface area contributed by atoms with Gasteiger partial charge in [-0.25, -0.2) is 0 Å². The van der Waals surface area contributed by atoms with Gasteiger partial charge >= 0.3 is 0 Å². The molecule has 0 saturated heterocycles.